The molecule has 0 radical (unpaired) electrons. The number of nitrogens with one attached hydrogen (secondary N) is 1. The molecule has 0 unspecified atom stereocenters. The molecule has 0 saturated heterocycles. The van der Waals surface area contributed by atoms with E-state index in [4.69, 9.17) is 4.42 Å². The smallest absolute Gasteiger partial charge is 0.346 e. The standard InChI is InChI=1S/C18H13BrN4O3S/c1-9-15-13(10(8-24)7-20-9)6-14(17(25)26-15)16-22-23-18(27-16)21-12-4-2-11(19)3-5-12/h2-7,24H,8H2,1H3,(H,21,23). The highest BCUT2D eigenvalue weighted by molar-refractivity contribution is 9.10. The average molecular weight is 445 g/mol. The largest absolute Gasteiger partial charge is 0.420 e. The van der Waals surface area contributed by atoms with E-state index in [1.165, 1.54) is 11.3 Å². The normalized spacial score (nSPS) is 11.1. The van der Waals surface area contributed by atoms with Crippen molar-refractivity contribution in [2.45, 2.75) is 13.5 Å². The van der Waals surface area contributed by atoms with Crippen LogP contribution in [0.5, 0.6) is 0 Å². The van der Waals surface area contributed by atoms with Gasteiger partial charge in [-0.3, -0.25) is 4.98 Å². The van der Waals surface area contributed by atoms with Crippen molar-refractivity contribution in [3.63, 3.8) is 0 Å². The number of aliphatic hydroxyl groups excluding tert-OH is 1. The van der Waals surface area contributed by atoms with Crippen LogP contribution < -0.4 is 10.9 Å². The maximum atomic E-state index is 12.4. The van der Waals surface area contributed by atoms with Gasteiger partial charge in [0.05, 0.1) is 17.9 Å². The van der Waals surface area contributed by atoms with Crippen LogP contribution in [0.15, 0.2) is 50.2 Å². The maximum absolute atomic E-state index is 12.4. The van der Waals surface area contributed by atoms with Gasteiger partial charge in [-0.2, -0.15) is 0 Å². The van der Waals surface area contributed by atoms with Gasteiger partial charge < -0.3 is 14.8 Å². The second kappa shape index (κ2) is 7.18. The van der Waals surface area contributed by atoms with Crippen LogP contribution in [0.3, 0.4) is 0 Å². The summed E-state index contributed by atoms with van der Waals surface area (Å²) in [5.74, 6) is 0. The Labute approximate surface area is 165 Å². The Balaban J connectivity index is 1.74. The van der Waals surface area contributed by atoms with Gasteiger partial charge in [0.2, 0.25) is 5.13 Å². The van der Waals surface area contributed by atoms with Crippen molar-refractivity contribution < 1.29 is 9.52 Å². The summed E-state index contributed by atoms with van der Waals surface area (Å²) >= 11 is 4.63. The third kappa shape index (κ3) is 3.48. The Hall–Kier alpha value is -2.62. The lowest BCUT2D eigenvalue weighted by atomic mass is 10.1. The third-order valence-corrected chi connectivity index (χ3v) is 5.36. The summed E-state index contributed by atoms with van der Waals surface area (Å²) in [4.78, 5) is 16.6. The first-order valence-electron chi connectivity index (χ1n) is 7.95. The summed E-state index contributed by atoms with van der Waals surface area (Å²) in [6, 6.07) is 9.30. The molecule has 0 amide bonds. The minimum Gasteiger partial charge on any atom is -0.420 e. The molecule has 27 heavy (non-hydrogen) atoms. The molecule has 1 aromatic carbocycles. The Bertz CT molecular complexity index is 1190. The molecule has 0 fully saturated rings. The number of pyridine rings is 1. The quantitative estimate of drug-likeness (QED) is 0.490. The van der Waals surface area contributed by atoms with Crippen LogP contribution in [-0.2, 0) is 6.61 Å². The molecular formula is C18H13BrN4O3S. The molecule has 3 heterocycles. The van der Waals surface area contributed by atoms with Gasteiger partial charge in [0.15, 0.2) is 10.6 Å². The van der Waals surface area contributed by atoms with E-state index < -0.39 is 5.63 Å². The Morgan fingerprint density at radius 1 is 1.26 bits per heavy atom. The highest BCUT2D eigenvalue weighted by Crippen LogP contribution is 2.30. The Morgan fingerprint density at radius 2 is 2.04 bits per heavy atom. The molecule has 0 atom stereocenters. The summed E-state index contributed by atoms with van der Waals surface area (Å²) in [6.07, 6.45) is 1.57. The topological polar surface area (TPSA) is 101 Å². The number of aliphatic hydroxyl groups is 1. The van der Waals surface area contributed by atoms with Crippen molar-refractivity contribution in [2.24, 2.45) is 0 Å². The minimum atomic E-state index is -0.520. The molecule has 0 saturated carbocycles. The number of hydrogen-bond acceptors (Lipinski definition) is 8. The van der Waals surface area contributed by atoms with Crippen molar-refractivity contribution in [3.8, 4) is 10.6 Å². The predicted molar refractivity (Wildman–Crippen MR) is 107 cm³/mol. The number of fused-ring (bicyclic) bond motifs is 1. The first-order chi connectivity index (χ1) is 13.0. The van der Waals surface area contributed by atoms with Crippen LogP contribution in [0.4, 0.5) is 10.8 Å². The van der Waals surface area contributed by atoms with Crippen LogP contribution >= 0.6 is 27.3 Å². The Kier molecular flexibility index (Phi) is 4.73. The fraction of sp³-hybridized carbons (Fsp3) is 0.111. The van der Waals surface area contributed by atoms with Crippen LogP contribution in [0.1, 0.15) is 11.3 Å². The fourth-order valence-corrected chi connectivity index (χ4v) is 3.63. The first kappa shape index (κ1) is 17.8. The molecule has 0 aliphatic rings. The zero-order valence-corrected chi connectivity index (χ0v) is 16.5. The van der Waals surface area contributed by atoms with Crippen LogP contribution in [0, 0.1) is 6.92 Å². The second-order valence-electron chi connectivity index (χ2n) is 5.76. The first-order valence-corrected chi connectivity index (χ1v) is 9.56. The molecule has 0 spiro atoms. The lowest BCUT2D eigenvalue weighted by Gasteiger charge is -2.05. The highest BCUT2D eigenvalue weighted by atomic mass is 79.9. The van der Waals surface area contributed by atoms with E-state index in [2.05, 4.69) is 36.4 Å². The van der Waals surface area contributed by atoms with Gasteiger partial charge >= 0.3 is 5.63 Å². The second-order valence-corrected chi connectivity index (χ2v) is 7.65. The number of aromatic nitrogens is 3. The van der Waals surface area contributed by atoms with Gasteiger partial charge in [-0.15, -0.1) is 10.2 Å². The van der Waals surface area contributed by atoms with Gasteiger partial charge in [-0.05, 0) is 37.3 Å². The maximum Gasteiger partial charge on any atom is 0.346 e. The Morgan fingerprint density at radius 3 is 2.78 bits per heavy atom. The molecule has 0 bridgehead atoms. The molecule has 2 N–H and O–H groups in total. The fourth-order valence-electron chi connectivity index (χ4n) is 2.60. The van der Waals surface area contributed by atoms with E-state index in [1.54, 1.807) is 19.2 Å². The minimum absolute atomic E-state index is 0.205. The van der Waals surface area contributed by atoms with Crippen molar-refractivity contribution in [2.75, 3.05) is 5.32 Å². The molecule has 3 aromatic heterocycles. The molecule has 4 rings (SSSR count). The zero-order valence-electron chi connectivity index (χ0n) is 14.1. The van der Waals surface area contributed by atoms with Crippen molar-refractivity contribution >= 4 is 49.1 Å². The highest BCUT2D eigenvalue weighted by Gasteiger charge is 2.16. The summed E-state index contributed by atoms with van der Waals surface area (Å²) < 4.78 is 6.42. The van der Waals surface area contributed by atoms with Crippen molar-refractivity contribution in [1.82, 2.24) is 15.2 Å². The number of nitrogens with zero attached hydrogens (tertiary/aromatic N) is 3. The summed E-state index contributed by atoms with van der Waals surface area (Å²) in [7, 11) is 0. The van der Waals surface area contributed by atoms with Gasteiger partial charge in [0.1, 0.15) is 0 Å². The van der Waals surface area contributed by atoms with Gasteiger partial charge in [0.25, 0.3) is 0 Å². The average Bonchev–Trinajstić information content (AvgIpc) is 3.12. The molecule has 0 aliphatic carbocycles. The van der Waals surface area contributed by atoms with E-state index in [0.29, 0.717) is 37.9 Å². The van der Waals surface area contributed by atoms with E-state index in [0.717, 1.165) is 10.2 Å². The number of benzene rings is 1. The lowest BCUT2D eigenvalue weighted by molar-refractivity contribution is 0.282. The van der Waals surface area contributed by atoms with Crippen LogP contribution in [-0.4, -0.2) is 20.3 Å². The number of hydrogen-bond donors (Lipinski definition) is 2. The van der Waals surface area contributed by atoms with E-state index in [1.807, 2.05) is 24.3 Å². The van der Waals surface area contributed by atoms with Crippen LogP contribution in [0.25, 0.3) is 21.5 Å². The molecule has 9 heteroatoms. The zero-order chi connectivity index (χ0) is 19.0. The molecule has 0 aliphatic heterocycles. The number of halogens is 1. The molecule has 7 nitrogen and oxygen atoms in total. The van der Waals surface area contributed by atoms with Crippen LogP contribution in [0.2, 0.25) is 0 Å². The van der Waals surface area contributed by atoms with Gasteiger partial charge in [-0.1, -0.05) is 27.3 Å². The van der Waals surface area contributed by atoms with Crippen molar-refractivity contribution in [3.05, 3.63) is 62.7 Å². The number of aryl methyl sites for hydroxylation is 1. The van der Waals surface area contributed by atoms with Crippen molar-refractivity contribution in [1.29, 1.82) is 0 Å². The SMILES string of the molecule is Cc1ncc(CO)c2cc(-c3nnc(Nc4ccc(Br)cc4)s3)c(=O)oc12. The molecule has 4 aromatic rings. The van der Waals surface area contributed by atoms with E-state index >= 15 is 0 Å². The summed E-state index contributed by atoms with van der Waals surface area (Å²) in [6.45, 7) is 1.54. The van der Waals surface area contributed by atoms with Gasteiger partial charge in [0, 0.05) is 27.3 Å². The molecular weight excluding hydrogens is 432 g/mol. The number of anilines is 2. The monoisotopic (exact) mass is 444 g/mol. The third-order valence-electron chi connectivity index (χ3n) is 3.96. The van der Waals surface area contributed by atoms with E-state index in [9.17, 15) is 9.90 Å². The van der Waals surface area contributed by atoms with E-state index in [-0.39, 0.29) is 6.61 Å². The summed E-state index contributed by atoms with van der Waals surface area (Å²) in [5, 5.41) is 22.5. The van der Waals surface area contributed by atoms with Gasteiger partial charge in [-0.25, -0.2) is 4.79 Å². The summed E-state index contributed by atoms with van der Waals surface area (Å²) in [5.41, 5.74) is 2.17. The molecule has 136 valence electrons. The number of rotatable bonds is 4. The lowest BCUT2D eigenvalue weighted by Crippen LogP contribution is -2.05. The predicted octanol–water partition coefficient (Wildman–Crippen LogP) is 4.01.